The van der Waals surface area contributed by atoms with Crippen LogP contribution in [0.1, 0.15) is 53.4 Å². The van der Waals surface area contributed by atoms with Gasteiger partial charge in [0.05, 0.1) is 7.11 Å². The molecule has 3 aromatic carbocycles. The van der Waals surface area contributed by atoms with E-state index < -0.39 is 5.54 Å². The van der Waals surface area contributed by atoms with E-state index in [9.17, 15) is 9.59 Å². The van der Waals surface area contributed by atoms with Gasteiger partial charge < -0.3 is 14.4 Å². The standard InChI is InChI=1S/C29H31NO3/c1-28(2,3)25-15-14-22(16-26(25)33-4)27(32)30-19-24-13-9-8-12-23(24)18-29(30,20-31)17-21-10-6-5-7-11-21/h5-16,20H,17-19H2,1-4H3. The fraction of sp³-hybridized carbons (Fsp3) is 0.310. The van der Waals surface area contributed by atoms with Crippen molar-refractivity contribution in [3.8, 4) is 5.75 Å². The third-order valence-corrected chi connectivity index (χ3v) is 6.56. The molecule has 1 aliphatic rings. The molecule has 0 bridgehead atoms. The zero-order valence-corrected chi connectivity index (χ0v) is 19.8. The molecule has 0 saturated heterocycles. The number of nitrogens with zero attached hydrogens (tertiary/aromatic N) is 1. The quantitative estimate of drug-likeness (QED) is 0.500. The molecule has 1 aliphatic heterocycles. The van der Waals surface area contributed by atoms with Gasteiger partial charge in [0.1, 0.15) is 17.6 Å². The lowest BCUT2D eigenvalue weighted by Gasteiger charge is -2.44. The minimum absolute atomic E-state index is 0.114. The van der Waals surface area contributed by atoms with Crippen molar-refractivity contribution in [3.63, 3.8) is 0 Å². The van der Waals surface area contributed by atoms with Crippen molar-refractivity contribution < 1.29 is 14.3 Å². The van der Waals surface area contributed by atoms with Crippen molar-refractivity contribution in [2.24, 2.45) is 0 Å². The minimum Gasteiger partial charge on any atom is -0.496 e. The van der Waals surface area contributed by atoms with E-state index in [-0.39, 0.29) is 11.3 Å². The number of carbonyl (C=O) groups is 2. The van der Waals surface area contributed by atoms with Crippen molar-refractivity contribution in [2.75, 3.05) is 7.11 Å². The van der Waals surface area contributed by atoms with Crippen LogP contribution >= 0.6 is 0 Å². The Balaban J connectivity index is 1.78. The number of ether oxygens (including phenoxy) is 1. The first-order valence-electron chi connectivity index (χ1n) is 11.3. The van der Waals surface area contributed by atoms with E-state index in [0.29, 0.717) is 30.7 Å². The molecule has 1 amide bonds. The van der Waals surface area contributed by atoms with Crippen molar-refractivity contribution in [1.82, 2.24) is 4.90 Å². The SMILES string of the molecule is COc1cc(C(=O)N2Cc3ccccc3CC2(C=O)Cc2ccccc2)ccc1C(C)(C)C. The Kier molecular flexibility index (Phi) is 6.11. The van der Waals surface area contributed by atoms with Crippen LogP contribution in [0.3, 0.4) is 0 Å². The third kappa shape index (κ3) is 4.43. The molecule has 3 aromatic rings. The number of fused-ring (bicyclic) bond motifs is 1. The summed E-state index contributed by atoms with van der Waals surface area (Å²) in [6.45, 7) is 6.74. The van der Waals surface area contributed by atoms with E-state index in [0.717, 1.165) is 28.5 Å². The first-order chi connectivity index (χ1) is 15.8. The lowest BCUT2D eigenvalue weighted by Crippen LogP contribution is -2.58. The minimum atomic E-state index is -0.956. The van der Waals surface area contributed by atoms with Crippen molar-refractivity contribution >= 4 is 12.2 Å². The lowest BCUT2D eigenvalue weighted by atomic mass is 9.79. The second kappa shape index (κ2) is 8.86. The van der Waals surface area contributed by atoms with Gasteiger partial charge in [-0.1, -0.05) is 81.4 Å². The Labute approximate surface area is 196 Å². The Morgan fingerprint density at radius 2 is 1.67 bits per heavy atom. The van der Waals surface area contributed by atoms with Crippen LogP contribution in [0.4, 0.5) is 0 Å². The Morgan fingerprint density at radius 3 is 2.30 bits per heavy atom. The highest BCUT2D eigenvalue weighted by Crippen LogP contribution is 2.36. The Hall–Kier alpha value is -3.40. The fourth-order valence-electron chi connectivity index (χ4n) is 4.77. The molecular formula is C29H31NO3. The van der Waals surface area contributed by atoms with Crippen molar-refractivity contribution in [1.29, 1.82) is 0 Å². The van der Waals surface area contributed by atoms with Gasteiger partial charge in [-0.2, -0.15) is 0 Å². The maximum atomic E-state index is 13.9. The molecule has 33 heavy (non-hydrogen) atoms. The predicted molar refractivity (Wildman–Crippen MR) is 131 cm³/mol. The smallest absolute Gasteiger partial charge is 0.255 e. The summed E-state index contributed by atoms with van der Waals surface area (Å²) in [6.07, 6.45) is 1.92. The molecule has 0 fully saturated rings. The van der Waals surface area contributed by atoms with Gasteiger partial charge in [-0.15, -0.1) is 0 Å². The summed E-state index contributed by atoms with van der Waals surface area (Å²) in [5.41, 5.74) is 3.72. The normalized spacial score (nSPS) is 17.9. The van der Waals surface area contributed by atoms with E-state index in [2.05, 4.69) is 26.8 Å². The highest BCUT2D eigenvalue weighted by atomic mass is 16.5. The van der Waals surface area contributed by atoms with Gasteiger partial charge in [-0.05, 0) is 39.8 Å². The number of methoxy groups -OCH3 is 1. The fourth-order valence-corrected chi connectivity index (χ4v) is 4.77. The summed E-state index contributed by atoms with van der Waals surface area (Å²) in [6, 6.07) is 23.6. The second-order valence-corrected chi connectivity index (χ2v) is 9.89. The molecule has 170 valence electrons. The highest BCUT2D eigenvalue weighted by molar-refractivity contribution is 5.97. The summed E-state index contributed by atoms with van der Waals surface area (Å²) >= 11 is 0. The van der Waals surface area contributed by atoms with Crippen molar-refractivity contribution in [2.45, 2.75) is 51.1 Å². The topological polar surface area (TPSA) is 46.6 Å². The molecule has 4 heteroatoms. The van der Waals surface area contributed by atoms with E-state index in [1.54, 1.807) is 12.0 Å². The van der Waals surface area contributed by atoms with Crippen LogP contribution in [0, 0.1) is 0 Å². The van der Waals surface area contributed by atoms with E-state index in [1.807, 2.05) is 66.7 Å². The maximum absolute atomic E-state index is 13.9. The molecule has 0 aromatic heterocycles. The number of hydrogen-bond donors (Lipinski definition) is 0. The number of benzene rings is 3. The molecule has 0 radical (unpaired) electrons. The highest BCUT2D eigenvalue weighted by Gasteiger charge is 2.44. The largest absolute Gasteiger partial charge is 0.496 e. The zero-order valence-electron chi connectivity index (χ0n) is 19.8. The van der Waals surface area contributed by atoms with Crippen LogP contribution in [-0.4, -0.2) is 29.7 Å². The number of hydrogen-bond acceptors (Lipinski definition) is 3. The summed E-state index contributed by atoms with van der Waals surface area (Å²) in [4.78, 5) is 28.4. The third-order valence-electron chi connectivity index (χ3n) is 6.56. The number of amides is 1. The maximum Gasteiger partial charge on any atom is 0.255 e. The van der Waals surface area contributed by atoms with E-state index in [1.165, 1.54) is 0 Å². The monoisotopic (exact) mass is 441 g/mol. The molecule has 4 nitrogen and oxygen atoms in total. The summed E-state index contributed by atoms with van der Waals surface area (Å²) in [7, 11) is 1.63. The molecule has 1 unspecified atom stereocenters. The Morgan fingerprint density at radius 1 is 1.00 bits per heavy atom. The Bertz CT molecular complexity index is 1160. The predicted octanol–water partition coefficient (Wildman–Crippen LogP) is 5.37. The van der Waals surface area contributed by atoms with Gasteiger partial charge in [0, 0.05) is 24.9 Å². The van der Waals surface area contributed by atoms with Gasteiger partial charge >= 0.3 is 0 Å². The molecule has 0 aliphatic carbocycles. The summed E-state index contributed by atoms with van der Waals surface area (Å²) < 4.78 is 5.64. The van der Waals surface area contributed by atoms with Crippen LogP contribution in [0.5, 0.6) is 5.75 Å². The number of carbonyl (C=O) groups excluding carboxylic acids is 2. The van der Waals surface area contributed by atoms with Gasteiger partial charge in [0.15, 0.2) is 0 Å². The number of aldehydes is 1. The van der Waals surface area contributed by atoms with Crippen LogP contribution in [-0.2, 0) is 29.6 Å². The van der Waals surface area contributed by atoms with Crippen LogP contribution in [0.15, 0.2) is 72.8 Å². The second-order valence-electron chi connectivity index (χ2n) is 9.89. The molecule has 0 N–H and O–H groups in total. The van der Waals surface area contributed by atoms with Crippen LogP contribution in [0.2, 0.25) is 0 Å². The lowest BCUT2D eigenvalue weighted by molar-refractivity contribution is -0.118. The molecule has 0 saturated carbocycles. The first-order valence-corrected chi connectivity index (χ1v) is 11.3. The molecule has 0 spiro atoms. The zero-order chi connectivity index (χ0) is 23.6. The van der Waals surface area contributed by atoms with Crippen molar-refractivity contribution in [3.05, 3.63) is 101 Å². The first kappa shape index (κ1) is 22.8. The van der Waals surface area contributed by atoms with Crippen LogP contribution in [0.25, 0.3) is 0 Å². The van der Waals surface area contributed by atoms with Gasteiger partial charge in [0.2, 0.25) is 0 Å². The van der Waals surface area contributed by atoms with Gasteiger partial charge in [-0.25, -0.2) is 0 Å². The average molecular weight is 442 g/mol. The van der Waals surface area contributed by atoms with Gasteiger partial charge in [-0.3, -0.25) is 4.79 Å². The van der Waals surface area contributed by atoms with E-state index in [4.69, 9.17) is 4.74 Å². The number of rotatable bonds is 5. The molecular weight excluding hydrogens is 410 g/mol. The molecule has 1 heterocycles. The summed E-state index contributed by atoms with van der Waals surface area (Å²) in [5, 5.41) is 0. The average Bonchev–Trinajstić information content (AvgIpc) is 2.82. The summed E-state index contributed by atoms with van der Waals surface area (Å²) in [5.74, 6) is 0.525. The van der Waals surface area contributed by atoms with Gasteiger partial charge in [0.25, 0.3) is 5.91 Å². The van der Waals surface area contributed by atoms with Crippen LogP contribution < -0.4 is 4.74 Å². The van der Waals surface area contributed by atoms with E-state index >= 15 is 0 Å². The molecule has 4 rings (SSSR count). The molecule has 1 atom stereocenters.